The summed E-state index contributed by atoms with van der Waals surface area (Å²) in [4.78, 5) is 23.8. The van der Waals surface area contributed by atoms with Crippen molar-refractivity contribution in [2.75, 3.05) is 6.54 Å². The van der Waals surface area contributed by atoms with Gasteiger partial charge in [-0.25, -0.2) is 0 Å². The monoisotopic (exact) mass is 225 g/mol. The summed E-state index contributed by atoms with van der Waals surface area (Å²) in [5.74, 6) is -1.45. The third kappa shape index (κ3) is 3.51. The lowest BCUT2D eigenvalue weighted by Gasteiger charge is -2.24. The fourth-order valence-corrected chi connectivity index (χ4v) is 1.52. The average molecular weight is 225 g/mol. The van der Waals surface area contributed by atoms with Crippen molar-refractivity contribution >= 4 is 11.9 Å². The number of nitriles is 1. The van der Waals surface area contributed by atoms with Crippen molar-refractivity contribution in [3.63, 3.8) is 0 Å². The lowest BCUT2D eigenvalue weighted by Crippen LogP contribution is -2.46. The van der Waals surface area contributed by atoms with E-state index in [9.17, 15) is 9.59 Å². The largest absolute Gasteiger partial charge is 0.481 e. The van der Waals surface area contributed by atoms with Crippen molar-refractivity contribution < 1.29 is 14.7 Å². The highest BCUT2D eigenvalue weighted by Crippen LogP contribution is 2.27. The smallest absolute Gasteiger partial charge is 0.305 e. The van der Waals surface area contributed by atoms with Crippen LogP contribution in [-0.4, -0.2) is 40.5 Å². The summed E-state index contributed by atoms with van der Waals surface area (Å²) in [7, 11) is 0. The lowest BCUT2D eigenvalue weighted by molar-refractivity contribution is -0.142. The van der Waals surface area contributed by atoms with Gasteiger partial charge in [-0.1, -0.05) is 0 Å². The standard InChI is InChI=1S/C10H15N3O3/c11-4-1-5-13(7-2-3-7)10(16)8(12)6-9(14)15/h7-8H,1-3,5-6,12H2,(H,14,15). The van der Waals surface area contributed by atoms with E-state index in [-0.39, 0.29) is 24.8 Å². The van der Waals surface area contributed by atoms with Crippen LogP contribution < -0.4 is 5.73 Å². The number of carbonyl (C=O) groups is 2. The van der Waals surface area contributed by atoms with Gasteiger partial charge < -0.3 is 15.7 Å². The van der Waals surface area contributed by atoms with Gasteiger partial charge in [-0.2, -0.15) is 5.26 Å². The van der Waals surface area contributed by atoms with Crippen LogP contribution in [0.2, 0.25) is 0 Å². The quantitative estimate of drug-likeness (QED) is 0.644. The number of hydrogen-bond donors (Lipinski definition) is 2. The normalized spacial score (nSPS) is 16.2. The third-order valence-electron chi connectivity index (χ3n) is 2.45. The second-order valence-corrected chi connectivity index (χ2v) is 3.88. The van der Waals surface area contributed by atoms with Gasteiger partial charge in [-0.15, -0.1) is 0 Å². The van der Waals surface area contributed by atoms with E-state index >= 15 is 0 Å². The van der Waals surface area contributed by atoms with Crippen LogP contribution in [0.3, 0.4) is 0 Å². The maximum atomic E-state index is 11.8. The molecule has 0 aromatic carbocycles. The molecule has 3 N–H and O–H groups in total. The Balaban J connectivity index is 2.53. The van der Waals surface area contributed by atoms with Crippen LogP contribution in [0.4, 0.5) is 0 Å². The van der Waals surface area contributed by atoms with E-state index in [4.69, 9.17) is 16.1 Å². The molecule has 0 aliphatic heterocycles. The van der Waals surface area contributed by atoms with Crippen LogP contribution in [0, 0.1) is 11.3 Å². The predicted molar refractivity (Wildman–Crippen MR) is 55.2 cm³/mol. The predicted octanol–water partition coefficient (Wildman–Crippen LogP) is -0.307. The molecule has 0 saturated heterocycles. The molecule has 0 aromatic rings. The minimum absolute atomic E-state index is 0.153. The first-order valence-electron chi connectivity index (χ1n) is 5.21. The Labute approximate surface area is 93.6 Å². The van der Waals surface area contributed by atoms with Crippen molar-refractivity contribution in [1.82, 2.24) is 4.90 Å². The first-order chi connectivity index (χ1) is 7.56. The van der Waals surface area contributed by atoms with Gasteiger partial charge in [0.2, 0.25) is 5.91 Å². The minimum Gasteiger partial charge on any atom is -0.481 e. The van der Waals surface area contributed by atoms with E-state index in [1.165, 1.54) is 4.90 Å². The molecule has 1 rings (SSSR count). The molecule has 1 fully saturated rings. The number of amides is 1. The molecule has 16 heavy (non-hydrogen) atoms. The Morgan fingerprint density at radius 1 is 1.56 bits per heavy atom. The number of carboxylic acid groups (broad SMARTS) is 1. The van der Waals surface area contributed by atoms with Crippen LogP contribution in [0.1, 0.15) is 25.7 Å². The molecule has 0 heterocycles. The van der Waals surface area contributed by atoms with E-state index in [1.54, 1.807) is 0 Å². The summed E-state index contributed by atoms with van der Waals surface area (Å²) in [5, 5.41) is 17.0. The highest BCUT2D eigenvalue weighted by atomic mass is 16.4. The van der Waals surface area contributed by atoms with Gasteiger partial charge in [0, 0.05) is 12.6 Å². The van der Waals surface area contributed by atoms with Crippen molar-refractivity contribution in [2.45, 2.75) is 37.8 Å². The van der Waals surface area contributed by atoms with Crippen LogP contribution in [-0.2, 0) is 9.59 Å². The van der Waals surface area contributed by atoms with Gasteiger partial charge >= 0.3 is 5.97 Å². The Hall–Kier alpha value is -1.61. The topological polar surface area (TPSA) is 107 Å². The molecule has 1 atom stereocenters. The van der Waals surface area contributed by atoms with Gasteiger partial charge in [0.15, 0.2) is 0 Å². The molecule has 6 nitrogen and oxygen atoms in total. The summed E-state index contributed by atoms with van der Waals surface area (Å²) in [6.45, 7) is 0.341. The third-order valence-corrected chi connectivity index (χ3v) is 2.45. The first-order valence-corrected chi connectivity index (χ1v) is 5.21. The molecule has 1 saturated carbocycles. The zero-order valence-corrected chi connectivity index (χ0v) is 8.93. The minimum atomic E-state index is -1.09. The second-order valence-electron chi connectivity index (χ2n) is 3.88. The van der Waals surface area contributed by atoms with Gasteiger partial charge in [0.25, 0.3) is 0 Å². The number of carboxylic acids is 1. The summed E-state index contributed by atoms with van der Waals surface area (Å²) in [6, 6.07) is 1.11. The van der Waals surface area contributed by atoms with E-state index < -0.39 is 12.0 Å². The molecule has 1 aliphatic carbocycles. The molecule has 88 valence electrons. The zero-order chi connectivity index (χ0) is 12.1. The maximum Gasteiger partial charge on any atom is 0.305 e. The Bertz CT molecular complexity index is 320. The molecule has 1 unspecified atom stereocenters. The fraction of sp³-hybridized carbons (Fsp3) is 0.700. The Morgan fingerprint density at radius 2 is 2.19 bits per heavy atom. The van der Waals surface area contributed by atoms with Crippen molar-refractivity contribution in [3.05, 3.63) is 0 Å². The van der Waals surface area contributed by atoms with Crippen molar-refractivity contribution in [1.29, 1.82) is 5.26 Å². The van der Waals surface area contributed by atoms with Gasteiger partial charge in [-0.05, 0) is 12.8 Å². The number of rotatable bonds is 6. The molecule has 0 aromatic heterocycles. The Morgan fingerprint density at radius 3 is 2.62 bits per heavy atom. The van der Waals surface area contributed by atoms with Gasteiger partial charge in [-0.3, -0.25) is 9.59 Å². The molecule has 6 heteroatoms. The van der Waals surface area contributed by atoms with E-state index in [0.29, 0.717) is 6.54 Å². The van der Waals surface area contributed by atoms with Crippen LogP contribution in [0.25, 0.3) is 0 Å². The molecule has 0 radical (unpaired) electrons. The highest BCUT2D eigenvalue weighted by molar-refractivity contribution is 5.86. The van der Waals surface area contributed by atoms with Gasteiger partial charge in [0.1, 0.15) is 0 Å². The SMILES string of the molecule is N#CCCN(C(=O)C(N)CC(=O)O)C1CC1. The lowest BCUT2D eigenvalue weighted by atomic mass is 10.2. The fourth-order valence-electron chi connectivity index (χ4n) is 1.52. The summed E-state index contributed by atoms with van der Waals surface area (Å²) in [5.41, 5.74) is 5.50. The molecule has 1 amide bonds. The van der Waals surface area contributed by atoms with Crippen molar-refractivity contribution in [3.8, 4) is 6.07 Å². The summed E-state index contributed by atoms with van der Waals surface area (Å²) in [6.07, 6.45) is 1.71. The van der Waals surface area contributed by atoms with Crippen molar-refractivity contribution in [2.24, 2.45) is 5.73 Å². The molecular weight excluding hydrogens is 210 g/mol. The van der Waals surface area contributed by atoms with E-state index in [1.807, 2.05) is 6.07 Å². The zero-order valence-electron chi connectivity index (χ0n) is 8.93. The van der Waals surface area contributed by atoms with E-state index in [2.05, 4.69) is 0 Å². The van der Waals surface area contributed by atoms with Crippen LogP contribution in [0.5, 0.6) is 0 Å². The van der Waals surface area contributed by atoms with Crippen LogP contribution >= 0.6 is 0 Å². The molecule has 0 bridgehead atoms. The maximum absolute atomic E-state index is 11.8. The second kappa shape index (κ2) is 5.47. The van der Waals surface area contributed by atoms with Crippen LogP contribution in [0.15, 0.2) is 0 Å². The summed E-state index contributed by atoms with van der Waals surface area (Å²) < 4.78 is 0. The molecule has 1 aliphatic rings. The first kappa shape index (κ1) is 12.5. The number of hydrogen-bond acceptors (Lipinski definition) is 4. The molecule has 0 spiro atoms. The molecular formula is C10H15N3O3. The number of nitrogens with zero attached hydrogens (tertiary/aromatic N) is 2. The van der Waals surface area contributed by atoms with Gasteiger partial charge in [0.05, 0.1) is 25.0 Å². The number of carbonyl (C=O) groups excluding carboxylic acids is 1. The Kier molecular flexibility index (Phi) is 4.26. The number of nitrogens with two attached hydrogens (primary N) is 1. The summed E-state index contributed by atoms with van der Waals surface area (Å²) >= 11 is 0. The van der Waals surface area contributed by atoms with E-state index in [0.717, 1.165) is 12.8 Å². The highest BCUT2D eigenvalue weighted by Gasteiger charge is 2.34. The number of aliphatic carboxylic acids is 1. The average Bonchev–Trinajstić information content (AvgIpc) is 3.01.